The number of carbonyl (C=O) groups is 2. The minimum Gasteiger partial charge on any atom is -0.449 e. The summed E-state index contributed by atoms with van der Waals surface area (Å²) in [6.45, 7) is 2.07. The van der Waals surface area contributed by atoms with E-state index in [0.29, 0.717) is 23.4 Å². The number of nitrogens with one attached hydrogen (secondary N) is 1. The third-order valence-corrected chi connectivity index (χ3v) is 3.48. The maximum atomic E-state index is 12.3. The highest BCUT2D eigenvalue weighted by Gasteiger charge is 2.13. The quantitative estimate of drug-likeness (QED) is 0.798. The average Bonchev–Trinajstić information content (AvgIpc) is 3.01. The third-order valence-electron chi connectivity index (χ3n) is 3.48. The molecule has 116 valence electrons. The molecule has 1 amide bonds. The van der Waals surface area contributed by atoms with Crippen molar-refractivity contribution in [3.63, 3.8) is 0 Å². The van der Waals surface area contributed by atoms with Gasteiger partial charge in [0.1, 0.15) is 0 Å². The van der Waals surface area contributed by atoms with Crippen LogP contribution in [-0.2, 0) is 4.74 Å². The Morgan fingerprint density at radius 1 is 1.04 bits per heavy atom. The maximum Gasteiger partial charge on any atom is 0.418 e. The number of rotatable bonds is 3. The summed E-state index contributed by atoms with van der Waals surface area (Å²) in [6.07, 6.45) is 1.20. The fraction of sp³-hybridized carbons (Fsp3) is 0.111. The summed E-state index contributed by atoms with van der Waals surface area (Å²) in [4.78, 5) is 24.2. The zero-order chi connectivity index (χ0) is 16.2. The first kappa shape index (κ1) is 14.8. The molecule has 5 heteroatoms. The normalized spacial score (nSPS) is 10.5. The van der Waals surface area contributed by atoms with Crippen LogP contribution in [-0.4, -0.2) is 23.2 Å². The van der Waals surface area contributed by atoms with Crippen molar-refractivity contribution in [3.8, 4) is 0 Å². The van der Waals surface area contributed by atoms with E-state index in [0.717, 1.165) is 5.39 Å². The molecule has 3 aromatic rings. The van der Waals surface area contributed by atoms with Crippen LogP contribution in [0.1, 0.15) is 17.3 Å². The van der Waals surface area contributed by atoms with Crippen molar-refractivity contribution in [1.29, 1.82) is 0 Å². The van der Waals surface area contributed by atoms with Crippen LogP contribution in [0.25, 0.3) is 10.9 Å². The van der Waals surface area contributed by atoms with E-state index in [2.05, 4.69) is 5.32 Å². The van der Waals surface area contributed by atoms with E-state index in [9.17, 15) is 9.59 Å². The molecule has 3 rings (SSSR count). The molecule has 0 aliphatic rings. The van der Waals surface area contributed by atoms with Gasteiger partial charge in [0.25, 0.3) is 5.91 Å². The van der Waals surface area contributed by atoms with E-state index in [1.165, 1.54) is 4.57 Å². The molecule has 1 heterocycles. The molecule has 0 fully saturated rings. The van der Waals surface area contributed by atoms with Gasteiger partial charge in [0.2, 0.25) is 0 Å². The molecule has 0 saturated heterocycles. The van der Waals surface area contributed by atoms with Crippen molar-refractivity contribution in [2.75, 3.05) is 11.9 Å². The molecule has 0 unspecified atom stereocenters. The van der Waals surface area contributed by atoms with E-state index in [1.54, 1.807) is 43.5 Å². The smallest absolute Gasteiger partial charge is 0.418 e. The second-order valence-electron chi connectivity index (χ2n) is 4.94. The van der Waals surface area contributed by atoms with Gasteiger partial charge in [-0.25, -0.2) is 4.79 Å². The van der Waals surface area contributed by atoms with E-state index in [-0.39, 0.29) is 5.91 Å². The van der Waals surface area contributed by atoms with Crippen molar-refractivity contribution in [2.24, 2.45) is 0 Å². The summed E-state index contributed by atoms with van der Waals surface area (Å²) in [5.41, 5.74) is 1.92. The lowest BCUT2D eigenvalue weighted by atomic mass is 10.2. The number of hydrogen-bond donors (Lipinski definition) is 1. The van der Waals surface area contributed by atoms with Crippen LogP contribution in [0.5, 0.6) is 0 Å². The van der Waals surface area contributed by atoms with Gasteiger partial charge in [0, 0.05) is 17.1 Å². The highest BCUT2D eigenvalue weighted by Crippen LogP contribution is 2.25. The Morgan fingerprint density at radius 3 is 2.57 bits per heavy atom. The first-order chi connectivity index (χ1) is 11.2. The second kappa shape index (κ2) is 6.36. The zero-order valence-corrected chi connectivity index (χ0v) is 12.7. The van der Waals surface area contributed by atoms with E-state index < -0.39 is 6.09 Å². The predicted molar refractivity (Wildman–Crippen MR) is 88.8 cm³/mol. The minimum atomic E-state index is -0.436. The number of hydrogen-bond acceptors (Lipinski definition) is 3. The van der Waals surface area contributed by atoms with Crippen LogP contribution in [0.3, 0.4) is 0 Å². The van der Waals surface area contributed by atoms with E-state index >= 15 is 0 Å². The summed E-state index contributed by atoms with van der Waals surface area (Å²) < 4.78 is 6.45. The second-order valence-corrected chi connectivity index (χ2v) is 4.94. The van der Waals surface area contributed by atoms with E-state index in [1.807, 2.05) is 24.3 Å². The first-order valence-corrected chi connectivity index (χ1v) is 7.34. The van der Waals surface area contributed by atoms with Crippen LogP contribution in [0.4, 0.5) is 10.5 Å². The fourth-order valence-electron chi connectivity index (χ4n) is 2.41. The van der Waals surface area contributed by atoms with Crippen molar-refractivity contribution in [2.45, 2.75) is 6.92 Å². The fourth-order valence-corrected chi connectivity index (χ4v) is 2.41. The number of anilines is 1. The number of ether oxygens (including phenoxy) is 1. The highest BCUT2D eigenvalue weighted by atomic mass is 16.5. The molecular formula is C18H16N2O3. The topological polar surface area (TPSA) is 60.3 Å². The van der Waals surface area contributed by atoms with Gasteiger partial charge in [-0.1, -0.05) is 24.3 Å². The van der Waals surface area contributed by atoms with Crippen molar-refractivity contribution < 1.29 is 14.3 Å². The molecular weight excluding hydrogens is 292 g/mol. The van der Waals surface area contributed by atoms with Crippen molar-refractivity contribution in [3.05, 3.63) is 66.4 Å². The summed E-state index contributed by atoms with van der Waals surface area (Å²) in [7, 11) is 0. The van der Waals surface area contributed by atoms with Gasteiger partial charge in [-0.05, 0) is 37.3 Å². The summed E-state index contributed by atoms with van der Waals surface area (Å²) >= 11 is 0. The maximum absolute atomic E-state index is 12.3. The average molecular weight is 308 g/mol. The molecule has 0 aliphatic carbocycles. The lowest BCUT2D eigenvalue weighted by Crippen LogP contribution is -2.13. The molecule has 5 nitrogen and oxygen atoms in total. The Bertz CT molecular complexity index is 853. The van der Waals surface area contributed by atoms with Crippen LogP contribution >= 0.6 is 0 Å². The molecule has 0 spiro atoms. The lowest BCUT2D eigenvalue weighted by molar-refractivity contribution is 0.102. The number of benzene rings is 2. The molecule has 0 aliphatic heterocycles. The van der Waals surface area contributed by atoms with Gasteiger partial charge in [-0.3, -0.25) is 9.36 Å². The van der Waals surface area contributed by atoms with Gasteiger partial charge in [0.15, 0.2) is 0 Å². The van der Waals surface area contributed by atoms with Crippen LogP contribution in [0.15, 0.2) is 60.8 Å². The molecule has 23 heavy (non-hydrogen) atoms. The third kappa shape index (κ3) is 2.94. The van der Waals surface area contributed by atoms with Gasteiger partial charge >= 0.3 is 6.09 Å². The Labute approximate surface area is 133 Å². The molecule has 0 atom stereocenters. The van der Waals surface area contributed by atoms with Gasteiger partial charge in [-0.2, -0.15) is 0 Å². The largest absolute Gasteiger partial charge is 0.449 e. The molecule has 0 bridgehead atoms. The zero-order valence-electron chi connectivity index (χ0n) is 12.7. The highest BCUT2D eigenvalue weighted by molar-refractivity contribution is 6.09. The molecule has 1 N–H and O–H groups in total. The van der Waals surface area contributed by atoms with E-state index in [4.69, 9.17) is 4.74 Å². The Hall–Kier alpha value is -3.08. The van der Waals surface area contributed by atoms with Gasteiger partial charge in [0.05, 0.1) is 17.8 Å². The molecule has 0 radical (unpaired) electrons. The summed E-state index contributed by atoms with van der Waals surface area (Å²) in [5.74, 6) is -0.193. The Kier molecular flexibility index (Phi) is 4.10. The predicted octanol–water partition coefficient (Wildman–Crippen LogP) is 3.90. The van der Waals surface area contributed by atoms with Crippen molar-refractivity contribution in [1.82, 2.24) is 4.57 Å². The van der Waals surface area contributed by atoms with Crippen molar-refractivity contribution >= 4 is 28.6 Å². The van der Waals surface area contributed by atoms with Crippen LogP contribution < -0.4 is 5.32 Å². The van der Waals surface area contributed by atoms with Crippen LogP contribution in [0.2, 0.25) is 0 Å². The number of amides is 1. The van der Waals surface area contributed by atoms with Gasteiger partial charge < -0.3 is 10.1 Å². The standard InChI is InChI=1S/C18H16N2O3/c1-2-23-18(22)20-12-11-14-15(9-6-10-16(14)20)19-17(21)13-7-4-3-5-8-13/h3-12H,2H2,1H3,(H,19,21). The number of nitrogens with zero attached hydrogens (tertiary/aromatic N) is 1. The number of fused-ring (bicyclic) bond motifs is 1. The number of carbonyl (C=O) groups excluding carboxylic acids is 2. The lowest BCUT2D eigenvalue weighted by Gasteiger charge is -2.08. The summed E-state index contributed by atoms with van der Waals surface area (Å²) in [6, 6.07) is 16.2. The minimum absolute atomic E-state index is 0.193. The Balaban J connectivity index is 1.93. The Morgan fingerprint density at radius 2 is 1.83 bits per heavy atom. The van der Waals surface area contributed by atoms with Crippen LogP contribution in [0, 0.1) is 0 Å². The van der Waals surface area contributed by atoms with Gasteiger partial charge in [-0.15, -0.1) is 0 Å². The monoisotopic (exact) mass is 308 g/mol. The molecule has 1 aromatic heterocycles. The first-order valence-electron chi connectivity index (χ1n) is 7.34. The number of aromatic nitrogens is 1. The SMILES string of the molecule is CCOC(=O)n1ccc2c(NC(=O)c3ccccc3)cccc21. The molecule has 2 aromatic carbocycles. The summed E-state index contributed by atoms with van der Waals surface area (Å²) in [5, 5.41) is 3.66. The molecule has 0 saturated carbocycles.